The Balaban J connectivity index is 1.91. The quantitative estimate of drug-likeness (QED) is 0.867. The lowest BCUT2D eigenvalue weighted by molar-refractivity contribution is 0.0845. The fourth-order valence-corrected chi connectivity index (χ4v) is 3.99. The van der Waals surface area contributed by atoms with Gasteiger partial charge in [-0.3, -0.25) is 4.90 Å². The van der Waals surface area contributed by atoms with Crippen LogP contribution in [0.1, 0.15) is 37.3 Å². The van der Waals surface area contributed by atoms with Crippen LogP contribution in [0.25, 0.3) is 0 Å². The molecule has 0 amide bonds. The van der Waals surface area contributed by atoms with E-state index < -0.39 is 0 Å². The molecule has 2 unspecified atom stereocenters. The largest absolute Gasteiger partial charge is 0.319 e. The second-order valence-electron chi connectivity index (χ2n) is 6.05. The number of hydrogen-bond acceptors (Lipinski definition) is 2. The van der Waals surface area contributed by atoms with Gasteiger partial charge < -0.3 is 5.32 Å². The molecule has 2 nitrogen and oxygen atoms in total. The molecule has 0 radical (unpaired) electrons. The van der Waals surface area contributed by atoms with E-state index in [2.05, 4.69) is 51.4 Å². The van der Waals surface area contributed by atoms with Crippen LogP contribution >= 0.6 is 27.5 Å². The minimum absolute atomic E-state index is 0.522. The van der Waals surface area contributed by atoms with Crippen LogP contribution in [0.5, 0.6) is 0 Å². The molecule has 1 aliphatic carbocycles. The van der Waals surface area contributed by atoms with Crippen molar-refractivity contribution in [2.75, 3.05) is 20.1 Å². The van der Waals surface area contributed by atoms with E-state index >= 15 is 0 Å². The first-order valence-electron chi connectivity index (χ1n) is 7.56. The molecular weight excluding hydrogens is 336 g/mol. The van der Waals surface area contributed by atoms with Crippen LogP contribution in [0.15, 0.2) is 22.7 Å². The monoisotopic (exact) mass is 356 g/mol. The van der Waals surface area contributed by atoms with Gasteiger partial charge in [-0.2, -0.15) is 0 Å². The van der Waals surface area contributed by atoms with Crippen molar-refractivity contribution in [3.8, 4) is 0 Å². The first kappa shape index (κ1) is 14.8. The summed E-state index contributed by atoms with van der Waals surface area (Å²) in [4.78, 5) is 2.73. The van der Waals surface area contributed by atoms with Crippen LogP contribution in [0.4, 0.5) is 0 Å². The predicted molar refractivity (Wildman–Crippen MR) is 88.3 cm³/mol. The fraction of sp³-hybridized carbons (Fsp3) is 0.625. The Morgan fingerprint density at radius 2 is 2.15 bits per heavy atom. The van der Waals surface area contributed by atoms with Crippen LogP contribution in [0.3, 0.4) is 0 Å². The summed E-state index contributed by atoms with van der Waals surface area (Å²) in [5, 5.41) is 4.20. The first-order valence-corrected chi connectivity index (χ1v) is 8.73. The van der Waals surface area contributed by atoms with Crippen molar-refractivity contribution < 1.29 is 0 Å². The fourth-order valence-electron chi connectivity index (χ4n) is 3.56. The van der Waals surface area contributed by atoms with Gasteiger partial charge >= 0.3 is 0 Å². The number of halogens is 2. The maximum atomic E-state index is 6.32. The van der Waals surface area contributed by atoms with Crippen molar-refractivity contribution in [2.45, 2.75) is 37.8 Å². The molecule has 2 aliphatic rings. The third-order valence-electron chi connectivity index (χ3n) is 4.56. The van der Waals surface area contributed by atoms with Crippen molar-refractivity contribution >= 4 is 27.5 Å². The van der Waals surface area contributed by atoms with Crippen LogP contribution in [-0.4, -0.2) is 31.1 Å². The number of piperidine rings is 1. The third kappa shape index (κ3) is 3.06. The molecule has 0 spiro atoms. The molecule has 1 saturated carbocycles. The van der Waals surface area contributed by atoms with E-state index in [0.717, 1.165) is 22.1 Å². The molecule has 1 aliphatic heterocycles. The van der Waals surface area contributed by atoms with E-state index in [0.29, 0.717) is 12.0 Å². The highest BCUT2D eigenvalue weighted by atomic mass is 79.9. The van der Waals surface area contributed by atoms with Crippen LogP contribution < -0.4 is 5.32 Å². The molecule has 2 atom stereocenters. The lowest BCUT2D eigenvalue weighted by atomic mass is 9.84. The topological polar surface area (TPSA) is 15.3 Å². The minimum atomic E-state index is 0.522. The van der Waals surface area contributed by atoms with E-state index in [4.69, 9.17) is 11.6 Å². The molecule has 0 bridgehead atoms. The second kappa shape index (κ2) is 6.35. The Morgan fingerprint density at radius 3 is 2.80 bits per heavy atom. The Kier molecular flexibility index (Phi) is 4.71. The number of rotatable bonds is 4. The molecule has 110 valence electrons. The standard InChI is InChI=1S/C16H22BrClN2/c1-19-10-12-3-2-8-20(13-5-6-13)16(12)11-4-7-14(17)15(18)9-11/h4,7,9,12-13,16,19H,2-3,5-6,8,10H2,1H3. The number of hydrogen-bond donors (Lipinski definition) is 1. The highest BCUT2D eigenvalue weighted by Gasteiger charge is 2.40. The average Bonchev–Trinajstić information content (AvgIpc) is 3.27. The molecule has 2 fully saturated rings. The van der Waals surface area contributed by atoms with Gasteiger partial charge in [-0.05, 0) is 85.4 Å². The van der Waals surface area contributed by atoms with E-state index in [-0.39, 0.29) is 0 Å². The summed E-state index contributed by atoms with van der Waals surface area (Å²) >= 11 is 9.82. The third-order valence-corrected chi connectivity index (χ3v) is 5.79. The second-order valence-corrected chi connectivity index (χ2v) is 7.31. The van der Waals surface area contributed by atoms with Crippen molar-refractivity contribution in [2.24, 2.45) is 5.92 Å². The number of nitrogens with zero attached hydrogens (tertiary/aromatic N) is 1. The molecule has 4 heteroatoms. The summed E-state index contributed by atoms with van der Waals surface area (Å²) in [5.41, 5.74) is 1.38. The van der Waals surface area contributed by atoms with Gasteiger partial charge in [0.1, 0.15) is 0 Å². The van der Waals surface area contributed by atoms with Crippen molar-refractivity contribution in [1.82, 2.24) is 10.2 Å². The van der Waals surface area contributed by atoms with Gasteiger partial charge in [-0.1, -0.05) is 17.7 Å². The van der Waals surface area contributed by atoms with Crippen molar-refractivity contribution in [3.05, 3.63) is 33.3 Å². The highest BCUT2D eigenvalue weighted by Crippen LogP contribution is 2.43. The minimum Gasteiger partial charge on any atom is -0.319 e. The smallest absolute Gasteiger partial charge is 0.0551 e. The van der Waals surface area contributed by atoms with E-state index in [1.165, 1.54) is 37.8 Å². The van der Waals surface area contributed by atoms with Gasteiger partial charge in [-0.15, -0.1) is 0 Å². The highest BCUT2D eigenvalue weighted by molar-refractivity contribution is 9.10. The zero-order valence-corrected chi connectivity index (χ0v) is 14.3. The Morgan fingerprint density at radius 1 is 1.35 bits per heavy atom. The van der Waals surface area contributed by atoms with Crippen molar-refractivity contribution in [1.29, 1.82) is 0 Å². The molecule has 1 N–H and O–H groups in total. The normalized spacial score (nSPS) is 27.8. The van der Waals surface area contributed by atoms with Crippen LogP contribution in [0, 0.1) is 5.92 Å². The average molecular weight is 358 g/mol. The number of benzene rings is 1. The lowest BCUT2D eigenvalue weighted by Crippen LogP contribution is -2.43. The first-order chi connectivity index (χ1) is 9.70. The number of nitrogens with one attached hydrogen (secondary N) is 1. The Hall–Kier alpha value is -0.0900. The summed E-state index contributed by atoms with van der Waals surface area (Å²) in [6.07, 6.45) is 5.37. The molecular formula is C16H22BrClN2. The molecule has 3 rings (SSSR count). The Bertz CT molecular complexity index is 474. The predicted octanol–water partition coefficient (Wildman–Crippen LogP) is 4.24. The summed E-state index contributed by atoms with van der Waals surface area (Å²) in [6, 6.07) is 7.81. The van der Waals surface area contributed by atoms with Gasteiger partial charge in [0.25, 0.3) is 0 Å². The summed E-state index contributed by atoms with van der Waals surface area (Å²) < 4.78 is 0.988. The number of likely N-dealkylation sites (tertiary alicyclic amines) is 1. The summed E-state index contributed by atoms with van der Waals surface area (Å²) in [5.74, 6) is 0.687. The van der Waals surface area contributed by atoms with Crippen LogP contribution in [-0.2, 0) is 0 Å². The van der Waals surface area contributed by atoms with Gasteiger partial charge in [0.2, 0.25) is 0 Å². The van der Waals surface area contributed by atoms with Crippen LogP contribution in [0.2, 0.25) is 5.02 Å². The summed E-state index contributed by atoms with van der Waals surface area (Å²) in [6.45, 7) is 2.32. The van der Waals surface area contributed by atoms with Gasteiger partial charge in [-0.25, -0.2) is 0 Å². The molecule has 0 aromatic heterocycles. The lowest BCUT2D eigenvalue weighted by Gasteiger charge is -2.42. The van der Waals surface area contributed by atoms with Gasteiger partial charge in [0.15, 0.2) is 0 Å². The maximum Gasteiger partial charge on any atom is 0.0551 e. The van der Waals surface area contributed by atoms with E-state index in [1.54, 1.807) is 0 Å². The van der Waals surface area contributed by atoms with E-state index in [1.807, 2.05) is 0 Å². The zero-order chi connectivity index (χ0) is 14.1. The van der Waals surface area contributed by atoms with E-state index in [9.17, 15) is 0 Å². The summed E-state index contributed by atoms with van der Waals surface area (Å²) in [7, 11) is 2.06. The SMILES string of the molecule is CNCC1CCCN(C2CC2)C1c1ccc(Br)c(Cl)c1. The van der Waals surface area contributed by atoms with Gasteiger partial charge in [0, 0.05) is 16.6 Å². The maximum absolute atomic E-state index is 6.32. The molecule has 1 aromatic rings. The zero-order valence-electron chi connectivity index (χ0n) is 11.9. The molecule has 1 heterocycles. The molecule has 20 heavy (non-hydrogen) atoms. The van der Waals surface area contributed by atoms with Crippen molar-refractivity contribution in [3.63, 3.8) is 0 Å². The molecule has 1 aromatic carbocycles. The van der Waals surface area contributed by atoms with Gasteiger partial charge in [0.05, 0.1) is 5.02 Å². The Labute approximate surface area is 135 Å². The molecule has 1 saturated heterocycles.